The number of phenols is 1. The summed E-state index contributed by atoms with van der Waals surface area (Å²) < 4.78 is 0. The number of anilines is 2. The highest BCUT2D eigenvalue weighted by molar-refractivity contribution is 6.35. The SMILES string of the molecule is CCCNc1cc(Cl)c2c(c1O)CC(=O)N2. The van der Waals surface area contributed by atoms with E-state index in [1.165, 1.54) is 0 Å². The van der Waals surface area contributed by atoms with Crippen molar-refractivity contribution in [1.29, 1.82) is 0 Å². The van der Waals surface area contributed by atoms with Crippen LogP contribution in [0.1, 0.15) is 18.9 Å². The quantitative estimate of drug-likeness (QED) is 0.711. The average molecular weight is 241 g/mol. The molecule has 0 unspecified atom stereocenters. The summed E-state index contributed by atoms with van der Waals surface area (Å²) in [4.78, 5) is 11.2. The monoisotopic (exact) mass is 240 g/mol. The molecule has 1 aliphatic rings. The normalized spacial score (nSPS) is 13.5. The van der Waals surface area contributed by atoms with Crippen molar-refractivity contribution in [2.75, 3.05) is 17.2 Å². The maximum atomic E-state index is 11.2. The molecule has 1 aromatic rings. The van der Waals surface area contributed by atoms with Crippen molar-refractivity contribution in [3.05, 3.63) is 16.7 Å². The van der Waals surface area contributed by atoms with Gasteiger partial charge in [0.15, 0.2) is 0 Å². The Morgan fingerprint density at radius 2 is 2.38 bits per heavy atom. The summed E-state index contributed by atoms with van der Waals surface area (Å²) >= 11 is 6.03. The highest BCUT2D eigenvalue weighted by Gasteiger charge is 2.25. The van der Waals surface area contributed by atoms with Crippen molar-refractivity contribution < 1.29 is 9.90 Å². The lowest BCUT2D eigenvalue weighted by molar-refractivity contribution is -0.115. The first kappa shape index (κ1) is 11.1. The molecule has 0 radical (unpaired) electrons. The van der Waals surface area contributed by atoms with Crippen molar-refractivity contribution in [3.8, 4) is 5.75 Å². The minimum atomic E-state index is -0.139. The van der Waals surface area contributed by atoms with Crippen molar-refractivity contribution in [2.45, 2.75) is 19.8 Å². The molecule has 0 atom stereocenters. The molecular formula is C11H13ClN2O2. The third-order valence-corrected chi connectivity index (χ3v) is 2.82. The summed E-state index contributed by atoms with van der Waals surface area (Å²) in [6, 6.07) is 1.64. The third-order valence-electron chi connectivity index (χ3n) is 2.52. The van der Waals surface area contributed by atoms with Crippen LogP contribution >= 0.6 is 11.6 Å². The zero-order valence-electron chi connectivity index (χ0n) is 8.93. The summed E-state index contributed by atoms with van der Waals surface area (Å²) in [6.07, 6.45) is 1.13. The first-order valence-electron chi connectivity index (χ1n) is 5.21. The number of hydrogen-bond donors (Lipinski definition) is 3. The van der Waals surface area contributed by atoms with Crippen LogP contribution < -0.4 is 10.6 Å². The van der Waals surface area contributed by atoms with E-state index in [0.29, 0.717) is 22.0 Å². The number of hydrogen-bond acceptors (Lipinski definition) is 3. The number of aromatic hydroxyl groups is 1. The van der Waals surface area contributed by atoms with Crippen LogP contribution in [0.2, 0.25) is 5.02 Å². The van der Waals surface area contributed by atoms with Crippen molar-refractivity contribution in [3.63, 3.8) is 0 Å². The lowest BCUT2D eigenvalue weighted by atomic mass is 10.1. The van der Waals surface area contributed by atoms with Gasteiger partial charge in [-0.2, -0.15) is 0 Å². The Bertz CT molecular complexity index is 446. The molecular weight excluding hydrogens is 228 g/mol. The second-order valence-corrected chi connectivity index (χ2v) is 4.17. The van der Waals surface area contributed by atoms with Crippen LogP contribution in [0.25, 0.3) is 0 Å². The molecule has 1 amide bonds. The highest BCUT2D eigenvalue weighted by Crippen LogP contribution is 2.42. The molecule has 0 fully saturated rings. The van der Waals surface area contributed by atoms with Gasteiger partial charge in [-0.05, 0) is 12.5 Å². The molecule has 86 valence electrons. The number of nitrogens with one attached hydrogen (secondary N) is 2. The molecule has 1 heterocycles. The number of benzene rings is 1. The van der Waals surface area contributed by atoms with Crippen LogP contribution in [0.15, 0.2) is 6.07 Å². The van der Waals surface area contributed by atoms with Crippen LogP contribution in [0.5, 0.6) is 5.75 Å². The van der Waals surface area contributed by atoms with Gasteiger partial charge >= 0.3 is 0 Å². The van der Waals surface area contributed by atoms with E-state index in [4.69, 9.17) is 11.6 Å². The van der Waals surface area contributed by atoms with E-state index in [9.17, 15) is 9.90 Å². The van der Waals surface area contributed by atoms with E-state index < -0.39 is 0 Å². The van der Waals surface area contributed by atoms with E-state index in [1.807, 2.05) is 6.92 Å². The van der Waals surface area contributed by atoms with Crippen LogP contribution in [-0.2, 0) is 11.2 Å². The Kier molecular flexibility index (Phi) is 2.92. The minimum Gasteiger partial charge on any atom is -0.505 e. The molecule has 0 bridgehead atoms. The fourth-order valence-electron chi connectivity index (χ4n) is 1.74. The van der Waals surface area contributed by atoms with Gasteiger partial charge in [-0.1, -0.05) is 18.5 Å². The zero-order valence-corrected chi connectivity index (χ0v) is 9.69. The Morgan fingerprint density at radius 3 is 3.06 bits per heavy atom. The summed E-state index contributed by atoms with van der Waals surface area (Å²) in [5.74, 6) is -0.0222. The van der Waals surface area contributed by atoms with E-state index >= 15 is 0 Å². The van der Waals surface area contributed by atoms with E-state index in [2.05, 4.69) is 10.6 Å². The lowest BCUT2D eigenvalue weighted by Crippen LogP contribution is -2.03. The summed E-state index contributed by atoms with van der Waals surface area (Å²) in [5.41, 5.74) is 1.70. The fraction of sp³-hybridized carbons (Fsp3) is 0.364. The number of carbonyl (C=O) groups is 1. The maximum absolute atomic E-state index is 11.2. The van der Waals surface area contributed by atoms with E-state index in [-0.39, 0.29) is 18.1 Å². The van der Waals surface area contributed by atoms with Gasteiger partial charge in [0.25, 0.3) is 0 Å². The van der Waals surface area contributed by atoms with Gasteiger partial charge < -0.3 is 15.7 Å². The topological polar surface area (TPSA) is 61.4 Å². The molecule has 0 spiro atoms. The summed E-state index contributed by atoms with van der Waals surface area (Å²) in [5, 5.41) is 16.1. The van der Waals surface area contributed by atoms with Gasteiger partial charge in [-0.3, -0.25) is 4.79 Å². The molecule has 1 aliphatic heterocycles. The van der Waals surface area contributed by atoms with Gasteiger partial charge in [0, 0.05) is 12.1 Å². The van der Waals surface area contributed by atoms with Crippen LogP contribution in [0, 0.1) is 0 Å². The first-order valence-corrected chi connectivity index (χ1v) is 5.59. The second-order valence-electron chi connectivity index (χ2n) is 3.76. The Morgan fingerprint density at radius 1 is 1.62 bits per heavy atom. The molecule has 3 N–H and O–H groups in total. The molecule has 0 saturated carbocycles. The standard InChI is InChI=1S/C11H13ClN2O2/c1-2-3-13-8-5-7(12)10-6(11(8)16)4-9(15)14-10/h5,13,16H,2-4H2,1H3,(H,14,15). The number of halogens is 1. The molecule has 0 aromatic heterocycles. The zero-order chi connectivity index (χ0) is 11.7. The fourth-order valence-corrected chi connectivity index (χ4v) is 2.01. The van der Waals surface area contributed by atoms with Gasteiger partial charge in [0.05, 0.1) is 22.8 Å². The molecule has 2 rings (SSSR count). The number of amides is 1. The molecule has 4 nitrogen and oxygen atoms in total. The average Bonchev–Trinajstić information content (AvgIpc) is 2.64. The molecule has 0 saturated heterocycles. The van der Waals surface area contributed by atoms with Crippen molar-refractivity contribution in [1.82, 2.24) is 0 Å². The van der Waals surface area contributed by atoms with Gasteiger partial charge in [-0.25, -0.2) is 0 Å². The van der Waals surface area contributed by atoms with Gasteiger partial charge in [0.1, 0.15) is 5.75 Å². The number of rotatable bonds is 3. The third kappa shape index (κ3) is 1.80. The van der Waals surface area contributed by atoms with Crippen molar-refractivity contribution >= 4 is 28.9 Å². The molecule has 0 aliphatic carbocycles. The van der Waals surface area contributed by atoms with Crippen LogP contribution in [-0.4, -0.2) is 17.6 Å². The Balaban J connectivity index is 2.40. The predicted molar refractivity (Wildman–Crippen MR) is 64.2 cm³/mol. The first-order chi connectivity index (χ1) is 7.63. The summed E-state index contributed by atoms with van der Waals surface area (Å²) in [7, 11) is 0. The largest absolute Gasteiger partial charge is 0.505 e. The van der Waals surface area contributed by atoms with E-state index in [0.717, 1.165) is 13.0 Å². The lowest BCUT2D eigenvalue weighted by Gasteiger charge is -2.11. The molecule has 16 heavy (non-hydrogen) atoms. The van der Waals surface area contributed by atoms with E-state index in [1.54, 1.807) is 6.07 Å². The predicted octanol–water partition coefficient (Wildman–Crippen LogP) is 2.36. The minimum absolute atomic E-state index is 0.117. The number of carbonyl (C=O) groups excluding carboxylic acids is 1. The van der Waals surface area contributed by atoms with Gasteiger partial charge in [0.2, 0.25) is 5.91 Å². The Labute approximate surface area is 98.6 Å². The Hall–Kier alpha value is -1.42. The number of phenolic OH excluding ortho intramolecular Hbond substituents is 1. The molecule has 1 aromatic carbocycles. The summed E-state index contributed by atoms with van der Waals surface area (Å²) in [6.45, 7) is 2.79. The van der Waals surface area contributed by atoms with Gasteiger partial charge in [-0.15, -0.1) is 0 Å². The number of fused-ring (bicyclic) bond motifs is 1. The van der Waals surface area contributed by atoms with Crippen LogP contribution in [0.4, 0.5) is 11.4 Å². The maximum Gasteiger partial charge on any atom is 0.229 e. The smallest absolute Gasteiger partial charge is 0.229 e. The molecule has 5 heteroatoms. The highest BCUT2D eigenvalue weighted by atomic mass is 35.5. The second kappa shape index (κ2) is 4.22. The van der Waals surface area contributed by atoms with Crippen LogP contribution in [0.3, 0.4) is 0 Å². The van der Waals surface area contributed by atoms with Crippen molar-refractivity contribution in [2.24, 2.45) is 0 Å².